The summed E-state index contributed by atoms with van der Waals surface area (Å²) < 4.78 is 5.39. The minimum Gasteiger partial charge on any atom is -0.481 e. The second-order valence-corrected chi connectivity index (χ2v) is 6.30. The first-order valence-corrected chi connectivity index (χ1v) is 7.01. The first-order chi connectivity index (χ1) is 9.06. The van der Waals surface area contributed by atoms with E-state index in [4.69, 9.17) is 16.3 Å². The van der Waals surface area contributed by atoms with Crippen molar-refractivity contribution in [3.63, 3.8) is 0 Å². The van der Waals surface area contributed by atoms with E-state index < -0.39 is 11.4 Å². The van der Waals surface area contributed by atoms with E-state index in [0.29, 0.717) is 17.9 Å². The summed E-state index contributed by atoms with van der Waals surface area (Å²) in [5.41, 5.74) is 0.255. The van der Waals surface area contributed by atoms with E-state index in [1.165, 1.54) is 0 Å². The van der Waals surface area contributed by atoms with Crippen molar-refractivity contribution in [2.45, 2.75) is 31.1 Å². The molecule has 0 aromatic heterocycles. The van der Waals surface area contributed by atoms with Crippen molar-refractivity contribution in [3.05, 3.63) is 34.9 Å². The SMILES string of the molecule is O=C(O)C1(c2cccc(Cl)c2)CC2(CCOCC2)C1. The van der Waals surface area contributed by atoms with E-state index in [2.05, 4.69) is 0 Å². The van der Waals surface area contributed by atoms with Crippen LogP contribution >= 0.6 is 11.6 Å². The zero-order chi connectivity index (χ0) is 13.5. The summed E-state index contributed by atoms with van der Waals surface area (Å²) in [5, 5.41) is 10.3. The van der Waals surface area contributed by atoms with E-state index >= 15 is 0 Å². The average molecular weight is 281 g/mol. The highest BCUT2D eigenvalue weighted by Gasteiger charge is 2.59. The monoisotopic (exact) mass is 280 g/mol. The summed E-state index contributed by atoms with van der Waals surface area (Å²) in [7, 11) is 0. The molecule has 1 aromatic rings. The van der Waals surface area contributed by atoms with Crippen LogP contribution in [0.1, 0.15) is 31.2 Å². The van der Waals surface area contributed by atoms with E-state index in [0.717, 1.165) is 31.6 Å². The predicted octanol–water partition coefficient (Wildman–Crippen LogP) is 3.25. The quantitative estimate of drug-likeness (QED) is 0.904. The van der Waals surface area contributed by atoms with Crippen molar-refractivity contribution in [3.8, 4) is 0 Å². The van der Waals surface area contributed by atoms with Gasteiger partial charge in [0.15, 0.2) is 0 Å². The smallest absolute Gasteiger partial charge is 0.314 e. The lowest BCUT2D eigenvalue weighted by Gasteiger charge is -2.56. The number of rotatable bonds is 2. The first kappa shape index (κ1) is 12.9. The lowest BCUT2D eigenvalue weighted by atomic mass is 9.48. The van der Waals surface area contributed by atoms with Crippen LogP contribution < -0.4 is 0 Å². The number of halogens is 1. The van der Waals surface area contributed by atoms with Gasteiger partial charge in [-0.15, -0.1) is 0 Å². The number of ether oxygens (including phenoxy) is 1. The molecule has 1 N–H and O–H groups in total. The molecule has 1 aliphatic heterocycles. The molecule has 102 valence electrons. The fraction of sp³-hybridized carbons (Fsp3) is 0.533. The Bertz CT molecular complexity index is 498. The van der Waals surface area contributed by atoms with Crippen LogP contribution in [0.25, 0.3) is 0 Å². The van der Waals surface area contributed by atoms with Gasteiger partial charge in [-0.05, 0) is 48.8 Å². The maximum absolute atomic E-state index is 11.8. The van der Waals surface area contributed by atoms with Gasteiger partial charge in [-0.2, -0.15) is 0 Å². The molecule has 0 atom stereocenters. The van der Waals surface area contributed by atoms with Crippen molar-refractivity contribution < 1.29 is 14.6 Å². The van der Waals surface area contributed by atoms with E-state index in [-0.39, 0.29) is 5.41 Å². The topological polar surface area (TPSA) is 46.5 Å². The van der Waals surface area contributed by atoms with Gasteiger partial charge < -0.3 is 9.84 Å². The summed E-state index contributed by atoms with van der Waals surface area (Å²) in [6.45, 7) is 1.51. The summed E-state index contributed by atoms with van der Waals surface area (Å²) in [6, 6.07) is 7.29. The van der Waals surface area contributed by atoms with Crippen LogP contribution in [0.5, 0.6) is 0 Å². The highest BCUT2D eigenvalue weighted by atomic mass is 35.5. The Kier molecular flexibility index (Phi) is 3.06. The summed E-state index contributed by atoms with van der Waals surface area (Å²) in [5.74, 6) is -0.730. The Balaban J connectivity index is 1.89. The molecule has 4 heteroatoms. The molecule has 2 fully saturated rings. The van der Waals surface area contributed by atoms with Crippen molar-refractivity contribution in [1.29, 1.82) is 0 Å². The largest absolute Gasteiger partial charge is 0.481 e. The lowest BCUT2D eigenvalue weighted by molar-refractivity contribution is -0.160. The van der Waals surface area contributed by atoms with Crippen molar-refractivity contribution in [2.75, 3.05) is 13.2 Å². The van der Waals surface area contributed by atoms with Crippen LogP contribution in [0.4, 0.5) is 0 Å². The van der Waals surface area contributed by atoms with E-state index in [9.17, 15) is 9.90 Å². The van der Waals surface area contributed by atoms with Gasteiger partial charge in [0, 0.05) is 18.2 Å². The Morgan fingerprint density at radius 3 is 2.53 bits per heavy atom. The van der Waals surface area contributed by atoms with Crippen LogP contribution in [-0.4, -0.2) is 24.3 Å². The molecule has 19 heavy (non-hydrogen) atoms. The fourth-order valence-corrected chi connectivity index (χ4v) is 3.84. The molecular weight excluding hydrogens is 264 g/mol. The van der Waals surface area contributed by atoms with Crippen molar-refractivity contribution >= 4 is 17.6 Å². The highest BCUT2D eigenvalue weighted by Crippen LogP contribution is 2.60. The van der Waals surface area contributed by atoms with Gasteiger partial charge in [-0.3, -0.25) is 4.79 Å². The van der Waals surface area contributed by atoms with Gasteiger partial charge in [0.05, 0.1) is 5.41 Å². The fourth-order valence-electron chi connectivity index (χ4n) is 3.65. The molecule has 0 unspecified atom stereocenters. The van der Waals surface area contributed by atoms with Crippen LogP contribution in [-0.2, 0) is 14.9 Å². The molecule has 3 rings (SSSR count). The Labute approximate surface area is 117 Å². The molecule has 1 heterocycles. The summed E-state index contributed by atoms with van der Waals surface area (Å²) >= 11 is 6.00. The Morgan fingerprint density at radius 1 is 1.26 bits per heavy atom. The Hall–Kier alpha value is -1.06. The molecule has 1 saturated carbocycles. The number of aliphatic carboxylic acids is 1. The number of benzene rings is 1. The van der Waals surface area contributed by atoms with Crippen LogP contribution in [0.3, 0.4) is 0 Å². The van der Waals surface area contributed by atoms with Gasteiger partial charge in [-0.1, -0.05) is 23.7 Å². The molecule has 0 radical (unpaired) electrons. The number of hydrogen-bond donors (Lipinski definition) is 1. The molecule has 3 nitrogen and oxygen atoms in total. The third-order valence-corrected chi connectivity index (χ3v) is 4.93. The van der Waals surface area contributed by atoms with Crippen LogP contribution in [0.15, 0.2) is 24.3 Å². The maximum Gasteiger partial charge on any atom is 0.314 e. The molecule has 1 saturated heterocycles. The van der Waals surface area contributed by atoms with Gasteiger partial charge in [0.1, 0.15) is 0 Å². The second-order valence-electron chi connectivity index (χ2n) is 5.86. The number of hydrogen-bond acceptors (Lipinski definition) is 2. The third kappa shape index (κ3) is 2.05. The third-order valence-electron chi connectivity index (χ3n) is 4.69. The predicted molar refractivity (Wildman–Crippen MR) is 72.5 cm³/mol. The Morgan fingerprint density at radius 2 is 1.95 bits per heavy atom. The zero-order valence-corrected chi connectivity index (χ0v) is 11.4. The molecule has 0 bridgehead atoms. The average Bonchev–Trinajstić information content (AvgIpc) is 2.36. The van der Waals surface area contributed by atoms with Crippen molar-refractivity contribution in [2.24, 2.45) is 5.41 Å². The minimum atomic E-state index is -0.748. The van der Waals surface area contributed by atoms with E-state index in [1.54, 1.807) is 12.1 Å². The second kappa shape index (κ2) is 4.50. The molecule has 1 aliphatic carbocycles. The van der Waals surface area contributed by atoms with Crippen LogP contribution in [0.2, 0.25) is 5.02 Å². The molecule has 1 spiro atoms. The lowest BCUT2D eigenvalue weighted by Crippen LogP contribution is -2.56. The minimum absolute atomic E-state index is 0.166. The van der Waals surface area contributed by atoms with Crippen LogP contribution in [0, 0.1) is 5.41 Å². The number of carboxylic acids is 1. The number of carboxylic acid groups (broad SMARTS) is 1. The first-order valence-electron chi connectivity index (χ1n) is 6.64. The van der Waals surface area contributed by atoms with E-state index in [1.807, 2.05) is 12.1 Å². The zero-order valence-electron chi connectivity index (χ0n) is 10.7. The summed E-state index contributed by atoms with van der Waals surface area (Å²) in [4.78, 5) is 11.8. The molecule has 2 aliphatic rings. The number of carbonyl (C=O) groups is 1. The normalized spacial score (nSPS) is 23.8. The van der Waals surface area contributed by atoms with Gasteiger partial charge in [0.25, 0.3) is 0 Å². The van der Waals surface area contributed by atoms with Gasteiger partial charge >= 0.3 is 5.97 Å². The molecular formula is C15H17ClO3. The standard InChI is InChI=1S/C15H17ClO3/c16-12-3-1-2-11(8-12)15(13(17)18)9-14(10-15)4-6-19-7-5-14/h1-3,8H,4-7,9-10H2,(H,17,18). The maximum atomic E-state index is 11.8. The van der Waals surface area contributed by atoms with Gasteiger partial charge in [-0.25, -0.2) is 0 Å². The summed E-state index contributed by atoms with van der Waals surface area (Å²) in [6.07, 6.45) is 3.36. The highest BCUT2D eigenvalue weighted by molar-refractivity contribution is 6.30. The molecule has 1 aromatic carbocycles. The van der Waals surface area contributed by atoms with Crippen molar-refractivity contribution in [1.82, 2.24) is 0 Å². The van der Waals surface area contributed by atoms with Gasteiger partial charge in [0.2, 0.25) is 0 Å². The molecule has 0 amide bonds.